The summed E-state index contributed by atoms with van der Waals surface area (Å²) < 4.78 is 10.3. The van der Waals surface area contributed by atoms with Crippen LogP contribution in [-0.2, 0) is 26.2 Å². The van der Waals surface area contributed by atoms with Gasteiger partial charge in [-0.15, -0.1) is 0 Å². The SMILES string of the molecule is C=C(C)C(=O)OCCc1cc(OC(=O)CCN)c(O)c(C(C)(C)C)c1. The van der Waals surface area contributed by atoms with E-state index in [1.807, 2.05) is 26.8 Å². The molecule has 0 bridgehead atoms. The van der Waals surface area contributed by atoms with E-state index in [0.29, 0.717) is 17.6 Å². The number of esters is 2. The largest absolute Gasteiger partial charge is 0.504 e. The molecule has 1 rings (SSSR count). The first-order chi connectivity index (χ1) is 11.6. The molecule has 3 N–H and O–H groups in total. The molecule has 1 aromatic carbocycles. The molecule has 0 amide bonds. The Hall–Kier alpha value is -2.34. The van der Waals surface area contributed by atoms with Crippen LogP contribution in [0.15, 0.2) is 24.3 Å². The Morgan fingerprint density at radius 2 is 1.92 bits per heavy atom. The van der Waals surface area contributed by atoms with Crippen molar-refractivity contribution in [1.82, 2.24) is 0 Å². The highest BCUT2D eigenvalue weighted by Gasteiger charge is 2.23. The zero-order valence-electron chi connectivity index (χ0n) is 15.3. The molecule has 0 radical (unpaired) electrons. The van der Waals surface area contributed by atoms with Gasteiger partial charge >= 0.3 is 11.9 Å². The van der Waals surface area contributed by atoms with Crippen molar-refractivity contribution in [2.45, 2.75) is 46.0 Å². The predicted octanol–water partition coefficient (Wildman–Crippen LogP) is 2.61. The van der Waals surface area contributed by atoms with Gasteiger partial charge in [0, 0.05) is 24.1 Å². The number of rotatable bonds is 7. The Bertz CT molecular complexity index is 659. The van der Waals surface area contributed by atoms with Crippen LogP contribution in [0.4, 0.5) is 0 Å². The minimum atomic E-state index is -0.511. The quantitative estimate of drug-likeness (QED) is 0.446. The Morgan fingerprint density at radius 3 is 2.44 bits per heavy atom. The summed E-state index contributed by atoms with van der Waals surface area (Å²) in [6.45, 7) is 11.3. The first-order valence-electron chi connectivity index (χ1n) is 8.16. The molecule has 0 fully saturated rings. The number of nitrogens with two attached hydrogens (primary N) is 1. The number of carbonyl (C=O) groups excluding carboxylic acids is 2. The standard InChI is InChI=1S/C19H27NO5/c1-12(2)18(23)24-9-7-13-10-14(19(3,4)5)17(22)15(11-13)25-16(21)6-8-20/h10-11,22H,1,6-9,20H2,2-5H3. The molecule has 25 heavy (non-hydrogen) atoms. The molecule has 0 spiro atoms. The highest BCUT2D eigenvalue weighted by atomic mass is 16.5. The van der Waals surface area contributed by atoms with Gasteiger partial charge in [-0.3, -0.25) is 4.79 Å². The van der Waals surface area contributed by atoms with Gasteiger partial charge in [0.2, 0.25) is 0 Å². The van der Waals surface area contributed by atoms with Gasteiger partial charge in [-0.2, -0.15) is 0 Å². The van der Waals surface area contributed by atoms with Crippen LogP contribution < -0.4 is 10.5 Å². The van der Waals surface area contributed by atoms with Gasteiger partial charge in [-0.1, -0.05) is 33.4 Å². The van der Waals surface area contributed by atoms with Crippen molar-refractivity contribution < 1.29 is 24.2 Å². The molecule has 0 aliphatic carbocycles. The zero-order chi connectivity index (χ0) is 19.2. The van der Waals surface area contributed by atoms with E-state index in [1.165, 1.54) is 0 Å². The number of hydrogen-bond donors (Lipinski definition) is 2. The predicted molar refractivity (Wildman–Crippen MR) is 95.6 cm³/mol. The number of phenolic OH excluding ortho intramolecular Hbond substituents is 1. The Balaban J connectivity index is 3.06. The summed E-state index contributed by atoms with van der Waals surface area (Å²) in [4.78, 5) is 23.2. The lowest BCUT2D eigenvalue weighted by Gasteiger charge is -2.23. The summed E-state index contributed by atoms with van der Waals surface area (Å²) in [5.41, 5.74) is 6.75. The lowest BCUT2D eigenvalue weighted by Crippen LogP contribution is -2.16. The van der Waals surface area contributed by atoms with Crippen LogP contribution in [0, 0.1) is 0 Å². The number of benzene rings is 1. The smallest absolute Gasteiger partial charge is 0.333 e. The van der Waals surface area contributed by atoms with Gasteiger partial charge in [0.15, 0.2) is 11.5 Å². The first kappa shape index (κ1) is 20.7. The number of hydrogen-bond acceptors (Lipinski definition) is 6. The summed E-state index contributed by atoms with van der Waals surface area (Å²) in [7, 11) is 0. The number of ether oxygens (including phenoxy) is 2. The van der Waals surface area contributed by atoms with E-state index in [-0.39, 0.29) is 36.5 Å². The molecular weight excluding hydrogens is 322 g/mol. The van der Waals surface area contributed by atoms with Gasteiger partial charge < -0.3 is 20.3 Å². The topological polar surface area (TPSA) is 98.9 Å². The summed E-state index contributed by atoms with van der Waals surface area (Å²) in [5, 5.41) is 10.4. The van der Waals surface area contributed by atoms with Crippen LogP contribution in [-0.4, -0.2) is 30.2 Å². The molecule has 0 saturated carbocycles. The van der Waals surface area contributed by atoms with Crippen molar-refractivity contribution in [2.75, 3.05) is 13.2 Å². The number of aromatic hydroxyl groups is 1. The third-order valence-corrected chi connectivity index (χ3v) is 3.49. The number of carbonyl (C=O) groups is 2. The van der Waals surface area contributed by atoms with E-state index in [1.54, 1.807) is 13.0 Å². The molecule has 1 aromatic rings. The maximum atomic E-state index is 11.7. The average Bonchev–Trinajstić information content (AvgIpc) is 2.48. The Kier molecular flexibility index (Phi) is 7.18. The average molecular weight is 349 g/mol. The van der Waals surface area contributed by atoms with E-state index in [9.17, 15) is 14.7 Å². The lowest BCUT2D eigenvalue weighted by atomic mass is 9.85. The van der Waals surface area contributed by atoms with E-state index in [4.69, 9.17) is 15.2 Å². The third kappa shape index (κ3) is 6.23. The second kappa shape index (κ2) is 8.67. The van der Waals surface area contributed by atoms with Crippen molar-refractivity contribution in [3.05, 3.63) is 35.4 Å². The molecule has 0 heterocycles. The Morgan fingerprint density at radius 1 is 1.28 bits per heavy atom. The summed E-state index contributed by atoms with van der Waals surface area (Å²) in [6.07, 6.45) is 0.481. The summed E-state index contributed by atoms with van der Waals surface area (Å²) in [5.74, 6) is -0.944. The monoisotopic (exact) mass is 349 g/mol. The number of phenols is 1. The second-order valence-electron chi connectivity index (χ2n) is 6.92. The van der Waals surface area contributed by atoms with E-state index < -0.39 is 11.9 Å². The molecule has 0 unspecified atom stereocenters. The van der Waals surface area contributed by atoms with Crippen LogP contribution in [0.2, 0.25) is 0 Å². The molecule has 0 aliphatic rings. The van der Waals surface area contributed by atoms with Gasteiger partial charge in [0.25, 0.3) is 0 Å². The summed E-state index contributed by atoms with van der Waals surface area (Å²) >= 11 is 0. The van der Waals surface area contributed by atoms with Gasteiger partial charge in [-0.05, 0) is 24.0 Å². The third-order valence-electron chi connectivity index (χ3n) is 3.49. The van der Waals surface area contributed by atoms with Crippen LogP contribution in [0.3, 0.4) is 0 Å². The molecule has 0 aliphatic heterocycles. The fraction of sp³-hybridized carbons (Fsp3) is 0.474. The van der Waals surface area contributed by atoms with Gasteiger partial charge in [0.1, 0.15) is 0 Å². The van der Waals surface area contributed by atoms with Crippen LogP contribution in [0.25, 0.3) is 0 Å². The highest BCUT2D eigenvalue weighted by Crippen LogP contribution is 2.39. The minimum absolute atomic E-state index is 0.0603. The van der Waals surface area contributed by atoms with Crippen LogP contribution in [0.1, 0.15) is 45.2 Å². The van der Waals surface area contributed by atoms with Crippen molar-refractivity contribution in [3.8, 4) is 11.5 Å². The second-order valence-corrected chi connectivity index (χ2v) is 6.92. The van der Waals surface area contributed by atoms with E-state index in [2.05, 4.69) is 6.58 Å². The van der Waals surface area contributed by atoms with Crippen molar-refractivity contribution in [1.29, 1.82) is 0 Å². The molecular formula is C19H27NO5. The molecule has 6 heteroatoms. The molecule has 6 nitrogen and oxygen atoms in total. The van der Waals surface area contributed by atoms with Crippen molar-refractivity contribution >= 4 is 11.9 Å². The summed E-state index contributed by atoms with van der Waals surface area (Å²) in [6, 6.07) is 3.40. The molecule has 0 saturated heterocycles. The van der Waals surface area contributed by atoms with Gasteiger partial charge in [0.05, 0.1) is 13.0 Å². The first-order valence-corrected chi connectivity index (χ1v) is 8.16. The van der Waals surface area contributed by atoms with Crippen molar-refractivity contribution in [2.24, 2.45) is 5.73 Å². The highest BCUT2D eigenvalue weighted by molar-refractivity contribution is 5.86. The minimum Gasteiger partial charge on any atom is -0.504 e. The van der Waals surface area contributed by atoms with Crippen LogP contribution >= 0.6 is 0 Å². The van der Waals surface area contributed by atoms with Crippen molar-refractivity contribution in [3.63, 3.8) is 0 Å². The van der Waals surface area contributed by atoms with E-state index in [0.717, 1.165) is 5.56 Å². The van der Waals surface area contributed by atoms with Gasteiger partial charge in [-0.25, -0.2) is 4.79 Å². The maximum absolute atomic E-state index is 11.7. The Labute approximate surface area is 148 Å². The fourth-order valence-electron chi connectivity index (χ4n) is 2.14. The zero-order valence-corrected chi connectivity index (χ0v) is 15.3. The normalized spacial score (nSPS) is 11.1. The molecule has 0 atom stereocenters. The lowest BCUT2D eigenvalue weighted by molar-refractivity contribution is -0.138. The molecule has 0 aromatic heterocycles. The maximum Gasteiger partial charge on any atom is 0.333 e. The molecule has 138 valence electrons. The van der Waals surface area contributed by atoms with Crippen LogP contribution in [0.5, 0.6) is 11.5 Å². The van der Waals surface area contributed by atoms with E-state index >= 15 is 0 Å². The fourth-order valence-corrected chi connectivity index (χ4v) is 2.14.